The Morgan fingerprint density at radius 3 is 1.58 bits per heavy atom. The summed E-state index contributed by atoms with van der Waals surface area (Å²) < 4.78 is 5.22. The summed E-state index contributed by atoms with van der Waals surface area (Å²) in [5.41, 5.74) is 14.7. The number of aromatic nitrogens is 1. The first-order valence-electron chi connectivity index (χ1n) is 18.9. The standard InChI is InChI=1S/C52H32N2S/c1-3-13-35(14-4-1)53(36-15-5-2-6-16-36)37-29-25-33(26-30-37)34-27-31-38(32-28-34)54-45-23-12-21-42-40-18-8-7-17-39(40)41-20-11-22-44-47(41)50(48(42)45)51(54)49-43-19-9-10-24-46(43)55-52(44)49/h1-32H. The summed E-state index contributed by atoms with van der Waals surface area (Å²) in [4.78, 5) is 2.31. The number of hydrogen-bond donors (Lipinski definition) is 0. The topological polar surface area (TPSA) is 8.17 Å². The van der Waals surface area contributed by atoms with Crippen LogP contribution in [0.5, 0.6) is 0 Å². The lowest BCUT2D eigenvalue weighted by molar-refractivity contribution is 1.19. The minimum Gasteiger partial charge on any atom is -0.311 e. The maximum Gasteiger partial charge on any atom is 0.0641 e. The normalized spacial score (nSPS) is 12.0. The first kappa shape index (κ1) is 30.5. The summed E-state index contributed by atoms with van der Waals surface area (Å²) in [6.45, 7) is 0. The number of thiophene rings is 1. The van der Waals surface area contributed by atoms with Crippen LogP contribution in [0.1, 0.15) is 0 Å². The molecule has 0 amide bonds. The minimum atomic E-state index is 1.13. The summed E-state index contributed by atoms with van der Waals surface area (Å²) in [7, 11) is 0. The highest BCUT2D eigenvalue weighted by atomic mass is 32.1. The lowest BCUT2D eigenvalue weighted by atomic mass is 9.93. The molecule has 256 valence electrons. The number of benzene rings is 9. The molecular formula is C52H32N2S. The smallest absolute Gasteiger partial charge is 0.0641 e. The number of nitrogens with zero attached hydrogens (tertiary/aromatic N) is 2. The Bertz CT molecular complexity index is 3240. The number of para-hydroxylation sites is 2. The monoisotopic (exact) mass is 716 g/mol. The maximum atomic E-state index is 2.55. The van der Waals surface area contributed by atoms with E-state index in [1.165, 1.54) is 91.8 Å². The molecule has 0 saturated carbocycles. The second-order valence-corrected chi connectivity index (χ2v) is 15.5. The third-order valence-electron chi connectivity index (χ3n) is 11.5. The van der Waals surface area contributed by atoms with Crippen LogP contribution < -0.4 is 4.90 Å². The number of anilines is 3. The Labute approximate surface area is 322 Å². The van der Waals surface area contributed by atoms with Gasteiger partial charge in [-0.15, -0.1) is 11.3 Å². The number of fused-ring (bicyclic) bond motifs is 8. The molecule has 55 heavy (non-hydrogen) atoms. The van der Waals surface area contributed by atoms with Crippen LogP contribution in [0.3, 0.4) is 0 Å². The van der Waals surface area contributed by atoms with Gasteiger partial charge in [0.25, 0.3) is 0 Å². The van der Waals surface area contributed by atoms with Crippen molar-refractivity contribution in [1.29, 1.82) is 0 Å². The fraction of sp³-hybridized carbons (Fsp3) is 0. The van der Waals surface area contributed by atoms with Gasteiger partial charge in [0, 0.05) is 64.5 Å². The molecule has 0 bridgehead atoms. The van der Waals surface area contributed by atoms with Crippen molar-refractivity contribution in [2.45, 2.75) is 0 Å². The second kappa shape index (κ2) is 11.8. The highest BCUT2D eigenvalue weighted by Gasteiger charge is 2.28. The fourth-order valence-corrected chi connectivity index (χ4v) is 10.4. The average Bonchev–Trinajstić information content (AvgIpc) is 3.78. The molecule has 2 heterocycles. The maximum absolute atomic E-state index is 2.55. The van der Waals surface area contributed by atoms with Gasteiger partial charge in [-0.3, -0.25) is 0 Å². The van der Waals surface area contributed by atoms with Gasteiger partial charge in [-0.1, -0.05) is 133 Å². The molecule has 11 aromatic rings. The second-order valence-electron chi connectivity index (χ2n) is 14.4. The zero-order chi connectivity index (χ0) is 36.0. The Morgan fingerprint density at radius 2 is 0.891 bits per heavy atom. The Hall–Kier alpha value is -6.94. The lowest BCUT2D eigenvalue weighted by Gasteiger charge is -2.25. The van der Waals surface area contributed by atoms with E-state index in [0.29, 0.717) is 0 Å². The molecule has 1 aliphatic carbocycles. The third-order valence-corrected chi connectivity index (χ3v) is 12.7. The van der Waals surface area contributed by atoms with Crippen molar-refractivity contribution in [3.8, 4) is 39.1 Å². The van der Waals surface area contributed by atoms with Gasteiger partial charge in [-0.2, -0.15) is 0 Å². The molecule has 3 heteroatoms. The van der Waals surface area contributed by atoms with Crippen LogP contribution in [0.4, 0.5) is 17.1 Å². The molecule has 0 spiro atoms. The van der Waals surface area contributed by atoms with E-state index in [-0.39, 0.29) is 0 Å². The summed E-state index contributed by atoms with van der Waals surface area (Å²) >= 11 is 1.92. The van der Waals surface area contributed by atoms with E-state index in [1.54, 1.807) is 0 Å². The van der Waals surface area contributed by atoms with E-state index < -0.39 is 0 Å². The molecule has 0 aliphatic heterocycles. The van der Waals surface area contributed by atoms with Crippen molar-refractivity contribution in [3.05, 3.63) is 194 Å². The van der Waals surface area contributed by atoms with Gasteiger partial charge in [-0.05, 0) is 94.0 Å². The molecular weight excluding hydrogens is 685 g/mol. The zero-order valence-electron chi connectivity index (χ0n) is 29.8. The summed E-state index contributed by atoms with van der Waals surface area (Å²) in [6, 6.07) is 71.0. The SMILES string of the molecule is c1ccc(N(c2ccccc2)c2ccc(-c3ccc(-n4c5cccc6c5c5c7c(cccc7c7sc8ccccc8c7c54)-c4ccccc4-6)cc3)cc2)cc1. The van der Waals surface area contributed by atoms with E-state index in [4.69, 9.17) is 0 Å². The minimum absolute atomic E-state index is 1.13. The first-order chi connectivity index (χ1) is 27.3. The van der Waals surface area contributed by atoms with E-state index in [1.807, 2.05) is 11.3 Å². The van der Waals surface area contributed by atoms with Crippen molar-refractivity contribution in [2.75, 3.05) is 4.90 Å². The van der Waals surface area contributed by atoms with Crippen molar-refractivity contribution >= 4 is 81.1 Å². The predicted octanol–water partition coefficient (Wildman–Crippen LogP) is 15.1. The van der Waals surface area contributed by atoms with Crippen LogP contribution in [-0.4, -0.2) is 4.57 Å². The van der Waals surface area contributed by atoms with E-state index >= 15 is 0 Å². The third kappa shape index (κ3) is 4.42. The lowest BCUT2D eigenvalue weighted by Crippen LogP contribution is -2.09. The number of rotatable bonds is 5. The van der Waals surface area contributed by atoms with Crippen molar-refractivity contribution in [2.24, 2.45) is 0 Å². The van der Waals surface area contributed by atoms with Crippen molar-refractivity contribution in [3.63, 3.8) is 0 Å². The van der Waals surface area contributed by atoms with Gasteiger partial charge in [-0.25, -0.2) is 0 Å². The van der Waals surface area contributed by atoms with Crippen LogP contribution in [-0.2, 0) is 0 Å². The molecule has 0 fully saturated rings. The molecule has 2 nitrogen and oxygen atoms in total. The predicted molar refractivity (Wildman–Crippen MR) is 236 cm³/mol. The van der Waals surface area contributed by atoms with Gasteiger partial charge < -0.3 is 9.47 Å². The van der Waals surface area contributed by atoms with Crippen molar-refractivity contribution < 1.29 is 0 Å². The van der Waals surface area contributed by atoms with Gasteiger partial charge in [0.2, 0.25) is 0 Å². The first-order valence-corrected chi connectivity index (χ1v) is 19.7. The summed E-state index contributed by atoms with van der Waals surface area (Å²) in [5.74, 6) is 0. The molecule has 1 aliphatic rings. The van der Waals surface area contributed by atoms with E-state index in [9.17, 15) is 0 Å². The van der Waals surface area contributed by atoms with Crippen LogP contribution in [0.25, 0.3) is 91.8 Å². The highest BCUT2D eigenvalue weighted by molar-refractivity contribution is 7.27. The van der Waals surface area contributed by atoms with Crippen LogP contribution in [0.2, 0.25) is 0 Å². The fourth-order valence-electron chi connectivity index (χ4n) is 9.18. The van der Waals surface area contributed by atoms with E-state index in [0.717, 1.165) is 17.1 Å². The van der Waals surface area contributed by atoms with Crippen molar-refractivity contribution in [1.82, 2.24) is 4.57 Å². The highest BCUT2D eigenvalue weighted by Crippen LogP contribution is 2.54. The van der Waals surface area contributed by atoms with Crippen LogP contribution in [0, 0.1) is 0 Å². The molecule has 0 unspecified atom stereocenters. The molecule has 12 rings (SSSR count). The Balaban J connectivity index is 1.07. The molecule has 0 radical (unpaired) electrons. The number of hydrogen-bond acceptors (Lipinski definition) is 2. The van der Waals surface area contributed by atoms with Gasteiger partial charge in [0.1, 0.15) is 0 Å². The van der Waals surface area contributed by atoms with E-state index in [2.05, 4.69) is 204 Å². The Morgan fingerprint density at radius 1 is 0.364 bits per heavy atom. The van der Waals surface area contributed by atoms with Gasteiger partial charge in [0.15, 0.2) is 0 Å². The molecule has 9 aromatic carbocycles. The molecule has 0 atom stereocenters. The Kier molecular flexibility index (Phi) is 6.54. The zero-order valence-corrected chi connectivity index (χ0v) is 30.6. The summed E-state index contributed by atoms with van der Waals surface area (Å²) in [6.07, 6.45) is 0. The summed E-state index contributed by atoms with van der Waals surface area (Å²) in [5, 5.41) is 8.04. The van der Waals surface area contributed by atoms with Crippen LogP contribution in [0.15, 0.2) is 194 Å². The average molecular weight is 717 g/mol. The molecule has 0 saturated heterocycles. The quantitative estimate of drug-likeness (QED) is 0.172. The van der Waals surface area contributed by atoms with Gasteiger partial charge >= 0.3 is 0 Å². The molecule has 0 N–H and O–H groups in total. The van der Waals surface area contributed by atoms with Gasteiger partial charge in [0.05, 0.1) is 11.0 Å². The largest absolute Gasteiger partial charge is 0.311 e. The van der Waals surface area contributed by atoms with Crippen LogP contribution >= 0.6 is 11.3 Å². The molecule has 2 aromatic heterocycles.